The molecular formula is C15H8F3N3O3. The van der Waals surface area contributed by atoms with Gasteiger partial charge in [-0.25, -0.2) is 9.37 Å². The van der Waals surface area contributed by atoms with Gasteiger partial charge in [0.05, 0.1) is 11.0 Å². The highest BCUT2D eigenvalue weighted by Gasteiger charge is 2.43. The van der Waals surface area contributed by atoms with Crippen LogP contribution in [-0.2, 0) is 0 Å². The SMILES string of the molecule is O=C(Nc1nc2cc3c(cc2[nH]1)OC(F)(F)O3)c1cccc(F)c1. The van der Waals surface area contributed by atoms with Crippen molar-refractivity contribution in [1.29, 1.82) is 0 Å². The molecule has 2 aromatic carbocycles. The molecule has 1 aromatic heterocycles. The Kier molecular flexibility index (Phi) is 2.92. The monoisotopic (exact) mass is 335 g/mol. The van der Waals surface area contributed by atoms with E-state index >= 15 is 0 Å². The third kappa shape index (κ3) is 2.49. The highest BCUT2D eigenvalue weighted by molar-refractivity contribution is 6.04. The molecule has 0 atom stereocenters. The Labute approximate surface area is 132 Å². The number of amides is 1. The molecule has 1 aliphatic rings. The summed E-state index contributed by atoms with van der Waals surface area (Å²) in [5.41, 5.74) is 0.776. The highest BCUT2D eigenvalue weighted by Crippen LogP contribution is 2.42. The van der Waals surface area contributed by atoms with Crippen LogP contribution in [0.2, 0.25) is 0 Å². The summed E-state index contributed by atoms with van der Waals surface area (Å²) in [4.78, 5) is 18.9. The van der Waals surface area contributed by atoms with E-state index < -0.39 is 18.0 Å². The number of hydrogen-bond donors (Lipinski definition) is 2. The van der Waals surface area contributed by atoms with Crippen LogP contribution in [0.5, 0.6) is 11.5 Å². The van der Waals surface area contributed by atoms with Crippen LogP contribution in [0.1, 0.15) is 10.4 Å². The van der Waals surface area contributed by atoms with Gasteiger partial charge in [0.15, 0.2) is 11.5 Å². The highest BCUT2D eigenvalue weighted by atomic mass is 19.3. The maximum Gasteiger partial charge on any atom is 0.586 e. The number of fused-ring (bicyclic) bond motifs is 2. The molecule has 9 heteroatoms. The van der Waals surface area contributed by atoms with E-state index in [-0.39, 0.29) is 23.0 Å². The minimum atomic E-state index is -3.71. The molecule has 0 radical (unpaired) electrons. The number of alkyl halides is 2. The van der Waals surface area contributed by atoms with Gasteiger partial charge in [-0.15, -0.1) is 8.78 Å². The molecule has 2 heterocycles. The van der Waals surface area contributed by atoms with Crippen molar-refractivity contribution in [1.82, 2.24) is 9.97 Å². The predicted octanol–water partition coefficient (Wildman–Crippen LogP) is 3.28. The number of nitrogens with zero attached hydrogens (tertiary/aromatic N) is 1. The number of H-pyrrole nitrogens is 1. The van der Waals surface area contributed by atoms with E-state index in [0.29, 0.717) is 11.0 Å². The zero-order chi connectivity index (χ0) is 16.9. The molecular weight excluding hydrogens is 327 g/mol. The molecule has 0 spiro atoms. The largest absolute Gasteiger partial charge is 0.586 e. The number of carbonyl (C=O) groups is 1. The summed E-state index contributed by atoms with van der Waals surface area (Å²) in [6.07, 6.45) is -3.71. The molecule has 1 amide bonds. The van der Waals surface area contributed by atoms with Gasteiger partial charge in [0.2, 0.25) is 5.95 Å². The molecule has 0 fully saturated rings. The molecule has 4 rings (SSSR count). The van der Waals surface area contributed by atoms with E-state index in [4.69, 9.17) is 0 Å². The van der Waals surface area contributed by atoms with Crippen LogP contribution < -0.4 is 14.8 Å². The number of benzene rings is 2. The lowest BCUT2D eigenvalue weighted by Gasteiger charge is -2.04. The Hall–Kier alpha value is -3.23. The van der Waals surface area contributed by atoms with Gasteiger partial charge in [0.25, 0.3) is 5.91 Å². The zero-order valence-electron chi connectivity index (χ0n) is 11.8. The van der Waals surface area contributed by atoms with Gasteiger partial charge in [0, 0.05) is 17.7 Å². The lowest BCUT2D eigenvalue weighted by Crippen LogP contribution is -2.25. The molecule has 2 N–H and O–H groups in total. The van der Waals surface area contributed by atoms with E-state index in [0.717, 1.165) is 6.07 Å². The topological polar surface area (TPSA) is 76.2 Å². The number of ether oxygens (including phenoxy) is 2. The summed E-state index contributed by atoms with van der Waals surface area (Å²) in [5, 5.41) is 2.46. The van der Waals surface area contributed by atoms with Crippen molar-refractivity contribution in [3.63, 3.8) is 0 Å². The summed E-state index contributed by atoms with van der Waals surface area (Å²) >= 11 is 0. The van der Waals surface area contributed by atoms with E-state index in [1.165, 1.54) is 30.3 Å². The van der Waals surface area contributed by atoms with Crippen molar-refractivity contribution in [2.24, 2.45) is 0 Å². The van der Waals surface area contributed by atoms with E-state index in [1.54, 1.807) is 0 Å². The van der Waals surface area contributed by atoms with Gasteiger partial charge in [-0.3, -0.25) is 10.1 Å². The van der Waals surface area contributed by atoms with Gasteiger partial charge in [-0.1, -0.05) is 6.07 Å². The molecule has 24 heavy (non-hydrogen) atoms. The number of aromatic nitrogens is 2. The van der Waals surface area contributed by atoms with Crippen molar-refractivity contribution in [3.05, 3.63) is 47.8 Å². The second-order valence-electron chi connectivity index (χ2n) is 5.03. The second kappa shape index (κ2) is 4.88. The first-order valence-electron chi connectivity index (χ1n) is 6.76. The van der Waals surface area contributed by atoms with Crippen LogP contribution in [0.3, 0.4) is 0 Å². The average Bonchev–Trinajstić information content (AvgIpc) is 3.01. The number of hydrogen-bond acceptors (Lipinski definition) is 4. The van der Waals surface area contributed by atoms with Crippen LogP contribution in [0.25, 0.3) is 11.0 Å². The number of rotatable bonds is 2. The molecule has 0 saturated heterocycles. The first-order chi connectivity index (χ1) is 11.4. The van der Waals surface area contributed by atoms with Gasteiger partial charge in [0.1, 0.15) is 5.82 Å². The fourth-order valence-corrected chi connectivity index (χ4v) is 2.32. The Morgan fingerprint density at radius 1 is 1.17 bits per heavy atom. The molecule has 0 aliphatic carbocycles. The lowest BCUT2D eigenvalue weighted by atomic mass is 10.2. The van der Waals surface area contributed by atoms with Crippen molar-refractivity contribution in [3.8, 4) is 11.5 Å². The van der Waals surface area contributed by atoms with Crippen molar-refractivity contribution >= 4 is 22.9 Å². The Morgan fingerprint density at radius 2 is 1.92 bits per heavy atom. The van der Waals surface area contributed by atoms with Crippen molar-refractivity contribution in [2.45, 2.75) is 6.29 Å². The molecule has 6 nitrogen and oxygen atoms in total. The van der Waals surface area contributed by atoms with Crippen LogP contribution in [0, 0.1) is 5.82 Å². The summed E-state index contributed by atoms with van der Waals surface area (Å²) < 4.78 is 47.8. The normalized spacial score (nSPS) is 14.8. The first kappa shape index (κ1) is 14.4. The smallest absolute Gasteiger partial charge is 0.395 e. The fraction of sp³-hybridized carbons (Fsp3) is 0.0667. The number of carbonyl (C=O) groups excluding carboxylic acids is 1. The third-order valence-corrected chi connectivity index (χ3v) is 3.32. The number of anilines is 1. The maximum absolute atomic E-state index is 13.1. The zero-order valence-corrected chi connectivity index (χ0v) is 11.8. The molecule has 1 aliphatic heterocycles. The van der Waals surface area contributed by atoms with Crippen LogP contribution >= 0.6 is 0 Å². The van der Waals surface area contributed by atoms with E-state index in [9.17, 15) is 18.0 Å². The standard InChI is InChI=1S/C15H8F3N3O3/c16-8-3-1-2-7(4-8)13(22)21-14-19-9-5-11-12(6-10(9)20-14)24-15(17,18)23-11/h1-6H,(H2,19,20,21,22). The van der Waals surface area contributed by atoms with Gasteiger partial charge in [-0.05, 0) is 18.2 Å². The quantitative estimate of drug-likeness (QED) is 0.754. The minimum Gasteiger partial charge on any atom is -0.395 e. The number of nitrogens with one attached hydrogen (secondary N) is 2. The summed E-state index contributed by atoms with van der Waals surface area (Å²) in [6.45, 7) is 0. The molecule has 122 valence electrons. The van der Waals surface area contributed by atoms with Crippen molar-refractivity contribution in [2.75, 3.05) is 5.32 Å². The second-order valence-corrected chi connectivity index (χ2v) is 5.03. The molecule has 0 saturated carbocycles. The van der Waals surface area contributed by atoms with Crippen LogP contribution in [0.15, 0.2) is 36.4 Å². The predicted molar refractivity (Wildman–Crippen MR) is 76.6 cm³/mol. The van der Waals surface area contributed by atoms with Gasteiger partial charge >= 0.3 is 6.29 Å². The van der Waals surface area contributed by atoms with Gasteiger partial charge in [-0.2, -0.15) is 0 Å². The number of imidazole rings is 1. The van der Waals surface area contributed by atoms with E-state index in [1.807, 2.05) is 0 Å². The lowest BCUT2D eigenvalue weighted by molar-refractivity contribution is -0.286. The molecule has 0 bridgehead atoms. The maximum atomic E-state index is 13.1. The van der Waals surface area contributed by atoms with Gasteiger partial charge < -0.3 is 14.5 Å². The van der Waals surface area contributed by atoms with Crippen LogP contribution in [-0.4, -0.2) is 22.2 Å². The fourth-order valence-electron chi connectivity index (χ4n) is 2.32. The Balaban J connectivity index is 1.61. The Bertz CT molecular complexity index is 926. The summed E-state index contributed by atoms with van der Waals surface area (Å²) in [7, 11) is 0. The first-order valence-corrected chi connectivity index (χ1v) is 6.76. The number of halogens is 3. The molecule has 0 unspecified atom stereocenters. The van der Waals surface area contributed by atoms with Crippen LogP contribution in [0.4, 0.5) is 19.1 Å². The third-order valence-electron chi connectivity index (χ3n) is 3.32. The average molecular weight is 335 g/mol. The summed E-state index contributed by atoms with van der Waals surface area (Å²) in [6, 6.07) is 7.70. The number of aromatic amines is 1. The Morgan fingerprint density at radius 3 is 2.67 bits per heavy atom. The minimum absolute atomic E-state index is 0.0784. The molecule has 3 aromatic rings. The van der Waals surface area contributed by atoms with E-state index in [2.05, 4.69) is 24.8 Å². The van der Waals surface area contributed by atoms with Crippen molar-refractivity contribution < 1.29 is 27.4 Å². The summed E-state index contributed by atoms with van der Waals surface area (Å²) in [5.74, 6) is -1.32.